The van der Waals surface area contributed by atoms with Crippen LogP contribution in [0.1, 0.15) is 23.7 Å². The number of hydrogen-bond donors (Lipinski definition) is 2. The van der Waals surface area contributed by atoms with Crippen LogP contribution in [0.5, 0.6) is 5.75 Å². The normalized spacial score (nSPS) is 12.1. The molecule has 0 saturated carbocycles. The molecule has 0 spiro atoms. The number of nitrogens with two attached hydrogens (primary N) is 1. The van der Waals surface area contributed by atoms with E-state index in [0.29, 0.717) is 23.5 Å². The number of nitrogens with one attached hydrogen (secondary N) is 1. The molecule has 2 aromatic rings. The fourth-order valence-electron chi connectivity index (χ4n) is 2.43. The minimum absolute atomic E-state index is 0.207. The zero-order valence-corrected chi connectivity index (χ0v) is 16.7. The van der Waals surface area contributed by atoms with E-state index in [0.717, 1.165) is 10.6 Å². The van der Waals surface area contributed by atoms with Gasteiger partial charge in [-0.05, 0) is 42.8 Å². The number of anilines is 2. The fourth-order valence-corrected chi connectivity index (χ4v) is 2.94. The number of hydrogen-bond acceptors (Lipinski definition) is 5. The summed E-state index contributed by atoms with van der Waals surface area (Å²) in [7, 11) is -1.92. The number of nitrogens with zero attached hydrogens (tertiary/aromatic N) is 1. The third kappa shape index (κ3) is 5.23. The number of rotatable bonds is 8. The van der Waals surface area contributed by atoms with E-state index in [9.17, 15) is 18.0 Å². The summed E-state index contributed by atoms with van der Waals surface area (Å²) in [5.74, 6) is -0.653. The fraction of sp³-hybridized carbons (Fsp3) is 0.263. The van der Waals surface area contributed by atoms with Crippen LogP contribution in [0.15, 0.2) is 48.5 Å². The van der Waals surface area contributed by atoms with Crippen LogP contribution in [-0.4, -0.2) is 39.6 Å². The highest BCUT2D eigenvalue weighted by Crippen LogP contribution is 2.22. The Morgan fingerprint density at radius 2 is 1.75 bits per heavy atom. The molecule has 0 aromatic heterocycles. The van der Waals surface area contributed by atoms with Gasteiger partial charge in [-0.3, -0.25) is 13.9 Å². The third-order valence-corrected chi connectivity index (χ3v) is 5.30. The first-order valence-corrected chi connectivity index (χ1v) is 10.4. The average Bonchev–Trinajstić information content (AvgIpc) is 2.65. The molecule has 0 saturated heterocycles. The maximum absolute atomic E-state index is 12.6. The van der Waals surface area contributed by atoms with Crippen LogP contribution in [0.25, 0.3) is 0 Å². The second kappa shape index (κ2) is 8.75. The Morgan fingerprint density at radius 1 is 1.14 bits per heavy atom. The standard InChI is InChI=1S/C19H23N3O5S/c1-4-17(19(24)21-16-8-6-5-7-15(16)18(20)23)27-14-11-9-13(10-12-14)22(2)28(3,25)26/h5-12,17H,4H2,1-3H3,(H2,20,23)(H,21,24). The van der Waals surface area contributed by atoms with E-state index in [4.69, 9.17) is 10.5 Å². The summed E-state index contributed by atoms with van der Waals surface area (Å²) >= 11 is 0. The van der Waals surface area contributed by atoms with Gasteiger partial charge in [-0.25, -0.2) is 8.42 Å². The number of amides is 2. The van der Waals surface area contributed by atoms with E-state index in [1.807, 2.05) is 0 Å². The van der Waals surface area contributed by atoms with Crippen LogP contribution in [-0.2, 0) is 14.8 Å². The number of sulfonamides is 1. The van der Waals surface area contributed by atoms with Crippen molar-refractivity contribution in [2.75, 3.05) is 22.9 Å². The maximum Gasteiger partial charge on any atom is 0.265 e. The second-order valence-corrected chi connectivity index (χ2v) is 8.15. The molecule has 2 aromatic carbocycles. The summed E-state index contributed by atoms with van der Waals surface area (Å²) in [4.78, 5) is 24.0. The average molecular weight is 405 g/mol. The van der Waals surface area contributed by atoms with Gasteiger partial charge in [0.15, 0.2) is 6.10 Å². The van der Waals surface area contributed by atoms with Crippen molar-refractivity contribution in [3.63, 3.8) is 0 Å². The van der Waals surface area contributed by atoms with Gasteiger partial charge in [0.05, 0.1) is 23.2 Å². The lowest BCUT2D eigenvalue weighted by atomic mass is 10.1. The van der Waals surface area contributed by atoms with Gasteiger partial charge in [-0.15, -0.1) is 0 Å². The van der Waals surface area contributed by atoms with Crippen molar-refractivity contribution >= 4 is 33.2 Å². The Bertz CT molecular complexity index is 958. The molecule has 1 unspecified atom stereocenters. The predicted octanol–water partition coefficient (Wildman–Crippen LogP) is 1.98. The minimum Gasteiger partial charge on any atom is -0.481 e. The van der Waals surface area contributed by atoms with Crippen molar-refractivity contribution in [1.29, 1.82) is 0 Å². The number of ether oxygens (including phenoxy) is 1. The van der Waals surface area contributed by atoms with E-state index >= 15 is 0 Å². The van der Waals surface area contributed by atoms with Gasteiger partial charge in [0.25, 0.3) is 11.8 Å². The number of benzene rings is 2. The van der Waals surface area contributed by atoms with Gasteiger partial charge in [0, 0.05) is 7.05 Å². The SMILES string of the molecule is CCC(Oc1ccc(N(C)S(C)(=O)=O)cc1)C(=O)Nc1ccccc1C(N)=O. The van der Waals surface area contributed by atoms with Crippen LogP contribution < -0.4 is 20.1 Å². The van der Waals surface area contributed by atoms with Crippen molar-refractivity contribution in [3.8, 4) is 5.75 Å². The van der Waals surface area contributed by atoms with E-state index in [1.54, 1.807) is 49.4 Å². The van der Waals surface area contributed by atoms with E-state index < -0.39 is 27.9 Å². The molecule has 0 radical (unpaired) electrons. The van der Waals surface area contributed by atoms with Crippen molar-refractivity contribution in [3.05, 3.63) is 54.1 Å². The van der Waals surface area contributed by atoms with Gasteiger partial charge in [0.1, 0.15) is 5.75 Å². The van der Waals surface area contributed by atoms with Gasteiger partial charge < -0.3 is 15.8 Å². The minimum atomic E-state index is -3.36. The van der Waals surface area contributed by atoms with Gasteiger partial charge in [0.2, 0.25) is 10.0 Å². The Kier molecular flexibility index (Phi) is 6.63. The van der Waals surface area contributed by atoms with E-state index in [1.165, 1.54) is 13.1 Å². The lowest BCUT2D eigenvalue weighted by molar-refractivity contribution is -0.122. The summed E-state index contributed by atoms with van der Waals surface area (Å²) in [5, 5.41) is 2.66. The highest BCUT2D eigenvalue weighted by atomic mass is 32.2. The zero-order valence-electron chi connectivity index (χ0n) is 15.9. The quantitative estimate of drug-likeness (QED) is 0.696. The molecule has 0 aliphatic rings. The molecule has 2 amide bonds. The molecule has 8 nitrogen and oxygen atoms in total. The van der Waals surface area contributed by atoms with Crippen molar-refractivity contribution in [2.45, 2.75) is 19.4 Å². The molecule has 0 aliphatic heterocycles. The summed E-state index contributed by atoms with van der Waals surface area (Å²) in [6.45, 7) is 1.79. The number of primary amides is 1. The number of carbonyl (C=O) groups excluding carboxylic acids is 2. The molecule has 9 heteroatoms. The van der Waals surface area contributed by atoms with Gasteiger partial charge in [-0.1, -0.05) is 19.1 Å². The summed E-state index contributed by atoms with van der Waals surface area (Å²) in [5.41, 5.74) is 6.32. The molecule has 0 heterocycles. The molecule has 0 aliphatic carbocycles. The lowest BCUT2D eigenvalue weighted by Gasteiger charge is -2.20. The van der Waals surface area contributed by atoms with Gasteiger partial charge >= 0.3 is 0 Å². The summed E-state index contributed by atoms with van der Waals surface area (Å²) < 4.78 is 30.0. The number of carbonyl (C=O) groups is 2. The molecule has 2 rings (SSSR count). The topological polar surface area (TPSA) is 119 Å². The van der Waals surface area contributed by atoms with Crippen molar-refractivity contribution < 1.29 is 22.7 Å². The Hall–Kier alpha value is -3.07. The van der Waals surface area contributed by atoms with Crippen LogP contribution in [0.2, 0.25) is 0 Å². The molecule has 0 bridgehead atoms. The predicted molar refractivity (Wildman–Crippen MR) is 108 cm³/mol. The summed E-state index contributed by atoms with van der Waals surface area (Å²) in [6, 6.07) is 12.8. The smallest absolute Gasteiger partial charge is 0.265 e. The van der Waals surface area contributed by atoms with Crippen molar-refractivity contribution in [1.82, 2.24) is 0 Å². The van der Waals surface area contributed by atoms with Crippen LogP contribution in [0, 0.1) is 0 Å². The zero-order chi connectivity index (χ0) is 20.9. The first kappa shape index (κ1) is 21.2. The first-order valence-electron chi connectivity index (χ1n) is 8.53. The molecule has 3 N–H and O–H groups in total. The third-order valence-electron chi connectivity index (χ3n) is 4.09. The highest BCUT2D eigenvalue weighted by Gasteiger charge is 2.21. The van der Waals surface area contributed by atoms with Gasteiger partial charge in [-0.2, -0.15) is 0 Å². The molecule has 0 fully saturated rings. The maximum atomic E-state index is 12.6. The highest BCUT2D eigenvalue weighted by molar-refractivity contribution is 7.92. The monoisotopic (exact) mass is 405 g/mol. The Balaban J connectivity index is 2.12. The Labute approximate surface area is 164 Å². The molecule has 1 atom stereocenters. The Morgan fingerprint density at radius 3 is 2.29 bits per heavy atom. The van der Waals surface area contributed by atoms with E-state index in [-0.39, 0.29) is 5.56 Å². The van der Waals surface area contributed by atoms with Crippen LogP contribution in [0.4, 0.5) is 11.4 Å². The van der Waals surface area contributed by atoms with Crippen LogP contribution >= 0.6 is 0 Å². The largest absolute Gasteiger partial charge is 0.481 e. The molecular formula is C19H23N3O5S. The van der Waals surface area contributed by atoms with Crippen molar-refractivity contribution in [2.24, 2.45) is 5.73 Å². The van der Waals surface area contributed by atoms with Crippen LogP contribution in [0.3, 0.4) is 0 Å². The van der Waals surface area contributed by atoms with E-state index in [2.05, 4.69) is 5.32 Å². The first-order chi connectivity index (χ1) is 13.1. The second-order valence-electron chi connectivity index (χ2n) is 6.14. The molecule has 28 heavy (non-hydrogen) atoms. The molecule has 150 valence electrons. The summed E-state index contributed by atoms with van der Waals surface area (Å²) in [6.07, 6.45) is 0.688. The lowest BCUT2D eigenvalue weighted by Crippen LogP contribution is -2.33. The number of para-hydroxylation sites is 1. The molecular weight excluding hydrogens is 382 g/mol.